The maximum absolute atomic E-state index is 13.0. The third-order valence-electron chi connectivity index (χ3n) is 4.59. The van der Waals surface area contributed by atoms with Gasteiger partial charge in [-0.2, -0.15) is 0 Å². The number of benzene rings is 2. The summed E-state index contributed by atoms with van der Waals surface area (Å²) in [5.74, 6) is -0.169. The van der Waals surface area contributed by atoms with Crippen LogP contribution in [0.1, 0.15) is 20.8 Å². The molecular formula is C21H21ClN2O3S2. The molecule has 5 nitrogen and oxygen atoms in total. The highest BCUT2D eigenvalue weighted by molar-refractivity contribution is 7.92. The molecule has 0 radical (unpaired) electrons. The van der Waals surface area contributed by atoms with Crippen molar-refractivity contribution >= 4 is 44.6 Å². The molecule has 29 heavy (non-hydrogen) atoms. The van der Waals surface area contributed by atoms with Gasteiger partial charge in [-0.1, -0.05) is 23.7 Å². The van der Waals surface area contributed by atoms with E-state index in [0.717, 1.165) is 10.4 Å². The number of rotatable bonds is 6. The number of hydrogen-bond acceptors (Lipinski definition) is 4. The zero-order chi connectivity index (χ0) is 21.2. The summed E-state index contributed by atoms with van der Waals surface area (Å²) in [6.07, 6.45) is 0. The van der Waals surface area contributed by atoms with Gasteiger partial charge >= 0.3 is 0 Å². The Morgan fingerprint density at radius 2 is 1.76 bits per heavy atom. The smallest absolute Gasteiger partial charge is 0.264 e. The normalized spacial score (nSPS) is 11.3. The predicted molar refractivity (Wildman–Crippen MR) is 118 cm³/mol. The van der Waals surface area contributed by atoms with Crippen LogP contribution < -0.4 is 4.31 Å². The number of amides is 1. The Morgan fingerprint density at radius 3 is 2.38 bits per heavy atom. The SMILES string of the molecule is Cc1ccc(C(=O)N(C)Cc2cccs2)cc1N(C)S(=O)(=O)c1ccc(Cl)cc1. The van der Waals surface area contributed by atoms with Crippen molar-refractivity contribution in [3.63, 3.8) is 0 Å². The van der Waals surface area contributed by atoms with E-state index in [2.05, 4.69) is 0 Å². The van der Waals surface area contributed by atoms with Gasteiger partial charge in [0, 0.05) is 29.6 Å². The lowest BCUT2D eigenvalue weighted by Gasteiger charge is -2.23. The number of halogens is 1. The molecule has 0 fully saturated rings. The van der Waals surface area contributed by atoms with Crippen molar-refractivity contribution in [2.75, 3.05) is 18.4 Å². The number of carbonyl (C=O) groups is 1. The lowest BCUT2D eigenvalue weighted by Crippen LogP contribution is -2.29. The van der Waals surface area contributed by atoms with Gasteiger partial charge in [0.1, 0.15) is 0 Å². The fraction of sp³-hybridized carbons (Fsp3) is 0.190. The highest BCUT2D eigenvalue weighted by Gasteiger charge is 2.24. The third kappa shape index (κ3) is 4.63. The highest BCUT2D eigenvalue weighted by atomic mass is 35.5. The van der Waals surface area contributed by atoms with Gasteiger partial charge < -0.3 is 4.90 Å². The number of hydrogen-bond donors (Lipinski definition) is 0. The molecule has 0 spiro atoms. The zero-order valence-corrected chi connectivity index (χ0v) is 18.7. The van der Waals surface area contributed by atoms with Crippen LogP contribution in [0.2, 0.25) is 5.02 Å². The maximum Gasteiger partial charge on any atom is 0.264 e. The van der Waals surface area contributed by atoms with Crippen LogP contribution in [-0.2, 0) is 16.6 Å². The summed E-state index contributed by atoms with van der Waals surface area (Å²) in [6.45, 7) is 2.31. The topological polar surface area (TPSA) is 57.7 Å². The summed E-state index contributed by atoms with van der Waals surface area (Å²) < 4.78 is 27.2. The van der Waals surface area contributed by atoms with Crippen molar-refractivity contribution in [1.82, 2.24) is 4.90 Å². The minimum Gasteiger partial charge on any atom is -0.337 e. The Morgan fingerprint density at radius 1 is 1.07 bits per heavy atom. The van der Waals surface area contributed by atoms with Crippen molar-refractivity contribution in [3.05, 3.63) is 81.0 Å². The summed E-state index contributed by atoms with van der Waals surface area (Å²) in [6, 6.07) is 15.0. The molecule has 0 aliphatic rings. The van der Waals surface area contributed by atoms with Crippen LogP contribution in [0.25, 0.3) is 0 Å². The van der Waals surface area contributed by atoms with Gasteiger partial charge in [0.05, 0.1) is 17.1 Å². The summed E-state index contributed by atoms with van der Waals surface area (Å²) in [5.41, 5.74) is 1.64. The van der Waals surface area contributed by atoms with Crippen LogP contribution in [0.4, 0.5) is 5.69 Å². The van der Waals surface area contributed by atoms with Gasteiger partial charge in [-0.15, -0.1) is 11.3 Å². The predicted octanol–water partition coefficient (Wildman–Crippen LogP) is 4.81. The van der Waals surface area contributed by atoms with Crippen LogP contribution in [0, 0.1) is 6.92 Å². The highest BCUT2D eigenvalue weighted by Crippen LogP contribution is 2.27. The van der Waals surface area contributed by atoms with E-state index >= 15 is 0 Å². The molecule has 0 bridgehead atoms. The van der Waals surface area contributed by atoms with Crippen LogP contribution in [0.3, 0.4) is 0 Å². The number of aryl methyl sites for hydroxylation is 1. The van der Waals surface area contributed by atoms with E-state index in [9.17, 15) is 13.2 Å². The van der Waals surface area contributed by atoms with E-state index in [4.69, 9.17) is 11.6 Å². The molecule has 8 heteroatoms. The Labute approximate surface area is 180 Å². The summed E-state index contributed by atoms with van der Waals surface area (Å²) in [4.78, 5) is 15.7. The quantitative estimate of drug-likeness (QED) is 0.543. The minimum atomic E-state index is -3.78. The Bertz CT molecular complexity index is 1110. The first-order chi connectivity index (χ1) is 13.7. The number of anilines is 1. The second-order valence-electron chi connectivity index (χ2n) is 6.67. The molecule has 152 valence electrons. The Hall–Kier alpha value is -2.35. The van der Waals surface area contributed by atoms with E-state index in [1.165, 1.54) is 35.6 Å². The molecule has 0 aliphatic heterocycles. The summed E-state index contributed by atoms with van der Waals surface area (Å²) >= 11 is 7.46. The van der Waals surface area contributed by atoms with E-state index in [0.29, 0.717) is 22.8 Å². The molecule has 0 saturated carbocycles. The molecule has 3 aromatic rings. The van der Waals surface area contributed by atoms with Crippen molar-refractivity contribution in [3.8, 4) is 0 Å². The Kier molecular flexibility index (Phi) is 6.31. The van der Waals surface area contributed by atoms with Gasteiger partial charge in [0.15, 0.2) is 0 Å². The van der Waals surface area contributed by atoms with Crippen molar-refractivity contribution < 1.29 is 13.2 Å². The lowest BCUT2D eigenvalue weighted by molar-refractivity contribution is 0.0786. The van der Waals surface area contributed by atoms with Crippen LogP contribution >= 0.6 is 22.9 Å². The third-order valence-corrected chi connectivity index (χ3v) is 7.49. The standard InChI is InChI=1S/C21H21ClN2O3S2/c1-15-6-7-16(21(25)23(2)14-18-5-4-12-28-18)13-20(15)24(3)29(26,27)19-10-8-17(22)9-11-19/h4-13H,14H2,1-3H3. The molecule has 1 amide bonds. The number of carbonyl (C=O) groups excluding carboxylic acids is 1. The van der Waals surface area contributed by atoms with Gasteiger partial charge in [0.2, 0.25) is 0 Å². The number of nitrogens with zero attached hydrogens (tertiary/aromatic N) is 2. The summed E-state index contributed by atoms with van der Waals surface area (Å²) in [5, 5.41) is 2.43. The molecule has 0 aliphatic carbocycles. The van der Waals surface area contributed by atoms with Gasteiger partial charge in [-0.05, 0) is 60.3 Å². The number of thiophene rings is 1. The average Bonchev–Trinajstić information content (AvgIpc) is 3.20. The maximum atomic E-state index is 13.0. The Balaban J connectivity index is 1.90. The lowest BCUT2D eigenvalue weighted by atomic mass is 10.1. The monoisotopic (exact) mass is 448 g/mol. The largest absolute Gasteiger partial charge is 0.337 e. The van der Waals surface area contributed by atoms with Crippen molar-refractivity contribution in [2.45, 2.75) is 18.4 Å². The molecule has 1 aromatic heterocycles. The molecule has 0 atom stereocenters. The molecule has 0 unspecified atom stereocenters. The fourth-order valence-corrected chi connectivity index (χ4v) is 5.04. The minimum absolute atomic E-state index is 0.135. The summed E-state index contributed by atoms with van der Waals surface area (Å²) in [7, 11) is -0.570. The molecule has 0 N–H and O–H groups in total. The van der Waals surface area contributed by atoms with Gasteiger partial charge in [0.25, 0.3) is 15.9 Å². The van der Waals surface area contributed by atoms with E-state index in [1.807, 2.05) is 24.4 Å². The second kappa shape index (κ2) is 8.57. The van der Waals surface area contributed by atoms with E-state index in [1.54, 1.807) is 41.5 Å². The van der Waals surface area contributed by atoms with Gasteiger partial charge in [-0.3, -0.25) is 9.10 Å². The molecular weight excluding hydrogens is 428 g/mol. The molecule has 1 heterocycles. The molecule has 3 rings (SSSR count). The fourth-order valence-electron chi connectivity index (χ4n) is 2.90. The first-order valence-corrected chi connectivity index (χ1v) is 11.5. The van der Waals surface area contributed by atoms with E-state index in [-0.39, 0.29) is 10.8 Å². The van der Waals surface area contributed by atoms with Crippen LogP contribution in [0.5, 0.6) is 0 Å². The first-order valence-electron chi connectivity index (χ1n) is 8.83. The van der Waals surface area contributed by atoms with Crippen molar-refractivity contribution in [2.24, 2.45) is 0 Å². The second-order valence-corrected chi connectivity index (χ2v) is 10.1. The van der Waals surface area contributed by atoms with Crippen LogP contribution in [-0.4, -0.2) is 33.3 Å². The average molecular weight is 449 g/mol. The first kappa shape index (κ1) is 21.4. The number of sulfonamides is 1. The molecule has 2 aromatic carbocycles. The van der Waals surface area contributed by atoms with Gasteiger partial charge in [-0.25, -0.2) is 8.42 Å². The van der Waals surface area contributed by atoms with Crippen LogP contribution in [0.15, 0.2) is 64.9 Å². The zero-order valence-electron chi connectivity index (χ0n) is 16.3. The van der Waals surface area contributed by atoms with Crippen molar-refractivity contribution in [1.29, 1.82) is 0 Å². The molecule has 0 saturated heterocycles. The van der Waals surface area contributed by atoms with E-state index < -0.39 is 10.0 Å².